The number of carbonyl (C=O) groups is 1. The first-order valence-corrected chi connectivity index (χ1v) is 5.84. The number of carbonyl (C=O) groups excluding carboxylic acids is 1. The predicted molar refractivity (Wildman–Crippen MR) is 61.6 cm³/mol. The second-order valence-electron chi connectivity index (χ2n) is 5.16. The van der Waals surface area contributed by atoms with Gasteiger partial charge in [0.05, 0.1) is 0 Å². The summed E-state index contributed by atoms with van der Waals surface area (Å²) in [6.07, 6.45) is 5.37. The standard InChI is InChI=1S/C13H22O2/c1-10(2)9-13(7-5-6-8-13)15-12(14)11(3)4/h10H,3,5-9H2,1-2,4H3. The van der Waals surface area contributed by atoms with E-state index in [1.165, 1.54) is 12.8 Å². The van der Waals surface area contributed by atoms with E-state index in [9.17, 15) is 4.79 Å². The van der Waals surface area contributed by atoms with E-state index in [0.717, 1.165) is 19.3 Å². The third-order valence-corrected chi connectivity index (χ3v) is 2.95. The molecule has 0 unspecified atom stereocenters. The lowest BCUT2D eigenvalue weighted by atomic mass is 9.90. The van der Waals surface area contributed by atoms with Crippen molar-refractivity contribution in [1.29, 1.82) is 0 Å². The molecule has 0 spiro atoms. The Labute approximate surface area is 92.7 Å². The molecule has 0 amide bonds. The van der Waals surface area contributed by atoms with Gasteiger partial charge in [0.25, 0.3) is 0 Å². The first kappa shape index (κ1) is 12.3. The third kappa shape index (κ3) is 3.37. The average molecular weight is 210 g/mol. The van der Waals surface area contributed by atoms with Gasteiger partial charge in [-0.3, -0.25) is 0 Å². The Morgan fingerprint density at radius 1 is 1.40 bits per heavy atom. The van der Waals surface area contributed by atoms with Crippen molar-refractivity contribution in [2.24, 2.45) is 5.92 Å². The van der Waals surface area contributed by atoms with Gasteiger partial charge in [0.15, 0.2) is 0 Å². The number of rotatable bonds is 4. The second kappa shape index (κ2) is 4.82. The van der Waals surface area contributed by atoms with E-state index in [-0.39, 0.29) is 11.6 Å². The van der Waals surface area contributed by atoms with Gasteiger partial charge in [0, 0.05) is 5.57 Å². The Morgan fingerprint density at radius 2 is 1.93 bits per heavy atom. The van der Waals surface area contributed by atoms with Gasteiger partial charge in [0.1, 0.15) is 5.60 Å². The summed E-state index contributed by atoms with van der Waals surface area (Å²) in [4.78, 5) is 11.6. The molecule has 1 aliphatic rings. The minimum Gasteiger partial charge on any atom is -0.456 e. The highest BCUT2D eigenvalue weighted by Gasteiger charge is 2.38. The maximum Gasteiger partial charge on any atom is 0.333 e. The lowest BCUT2D eigenvalue weighted by Gasteiger charge is -2.30. The fourth-order valence-corrected chi connectivity index (χ4v) is 2.39. The largest absolute Gasteiger partial charge is 0.456 e. The zero-order chi connectivity index (χ0) is 11.5. The van der Waals surface area contributed by atoms with E-state index in [1.807, 2.05) is 0 Å². The maximum absolute atomic E-state index is 11.6. The second-order valence-corrected chi connectivity index (χ2v) is 5.16. The number of ether oxygens (including phenoxy) is 1. The lowest BCUT2D eigenvalue weighted by molar-refractivity contribution is -0.155. The highest BCUT2D eigenvalue weighted by atomic mass is 16.6. The number of hydrogen-bond donors (Lipinski definition) is 0. The van der Waals surface area contributed by atoms with Crippen molar-refractivity contribution in [2.75, 3.05) is 0 Å². The van der Waals surface area contributed by atoms with Crippen LogP contribution in [-0.4, -0.2) is 11.6 Å². The molecule has 2 heteroatoms. The van der Waals surface area contributed by atoms with Gasteiger partial charge in [-0.15, -0.1) is 0 Å². The van der Waals surface area contributed by atoms with E-state index >= 15 is 0 Å². The van der Waals surface area contributed by atoms with Gasteiger partial charge in [0.2, 0.25) is 0 Å². The van der Waals surface area contributed by atoms with Crippen molar-refractivity contribution in [1.82, 2.24) is 0 Å². The highest BCUT2D eigenvalue weighted by Crippen LogP contribution is 2.38. The normalized spacial score (nSPS) is 19.2. The van der Waals surface area contributed by atoms with Crippen LogP contribution < -0.4 is 0 Å². The van der Waals surface area contributed by atoms with Crippen LogP contribution in [0.3, 0.4) is 0 Å². The van der Waals surface area contributed by atoms with Crippen molar-refractivity contribution in [2.45, 2.75) is 58.5 Å². The summed E-state index contributed by atoms with van der Waals surface area (Å²) in [5, 5.41) is 0. The van der Waals surface area contributed by atoms with E-state index in [2.05, 4.69) is 20.4 Å². The van der Waals surface area contributed by atoms with Crippen LogP contribution >= 0.6 is 0 Å². The molecule has 1 rings (SSSR count). The smallest absolute Gasteiger partial charge is 0.333 e. The Hall–Kier alpha value is -0.790. The highest BCUT2D eigenvalue weighted by molar-refractivity contribution is 5.87. The molecule has 0 aliphatic heterocycles. The molecule has 1 fully saturated rings. The Morgan fingerprint density at radius 3 is 2.33 bits per heavy atom. The zero-order valence-corrected chi connectivity index (χ0v) is 10.1. The van der Waals surface area contributed by atoms with Crippen LogP contribution in [0, 0.1) is 5.92 Å². The monoisotopic (exact) mass is 210 g/mol. The summed E-state index contributed by atoms with van der Waals surface area (Å²) in [5.41, 5.74) is 0.314. The molecule has 1 aliphatic carbocycles. The molecule has 0 heterocycles. The van der Waals surface area contributed by atoms with Crippen molar-refractivity contribution in [3.63, 3.8) is 0 Å². The van der Waals surface area contributed by atoms with Gasteiger partial charge in [-0.05, 0) is 44.9 Å². The molecular weight excluding hydrogens is 188 g/mol. The topological polar surface area (TPSA) is 26.3 Å². The summed E-state index contributed by atoms with van der Waals surface area (Å²) in [5.74, 6) is 0.346. The van der Waals surface area contributed by atoms with E-state index in [4.69, 9.17) is 4.74 Å². The molecule has 0 aromatic rings. The molecule has 2 nitrogen and oxygen atoms in total. The molecule has 0 atom stereocenters. The van der Waals surface area contributed by atoms with Gasteiger partial charge in [-0.2, -0.15) is 0 Å². The molecule has 1 saturated carbocycles. The van der Waals surface area contributed by atoms with Crippen LogP contribution in [0.15, 0.2) is 12.2 Å². The minimum absolute atomic E-state index is 0.190. The summed E-state index contributed by atoms with van der Waals surface area (Å²) in [7, 11) is 0. The molecule has 0 aromatic heterocycles. The predicted octanol–water partition coefficient (Wildman–Crippen LogP) is 3.46. The molecule has 0 saturated heterocycles. The molecule has 0 radical (unpaired) electrons. The van der Waals surface area contributed by atoms with Crippen LogP contribution in [0.25, 0.3) is 0 Å². The van der Waals surface area contributed by atoms with Crippen molar-refractivity contribution in [3.05, 3.63) is 12.2 Å². The Bertz CT molecular complexity index is 247. The molecular formula is C13H22O2. The quantitative estimate of drug-likeness (QED) is 0.524. The molecule has 86 valence electrons. The van der Waals surface area contributed by atoms with E-state index < -0.39 is 0 Å². The van der Waals surface area contributed by atoms with Crippen LogP contribution in [-0.2, 0) is 9.53 Å². The van der Waals surface area contributed by atoms with Crippen molar-refractivity contribution < 1.29 is 9.53 Å². The Balaban J connectivity index is 2.65. The van der Waals surface area contributed by atoms with Crippen LogP contribution in [0.2, 0.25) is 0 Å². The van der Waals surface area contributed by atoms with Gasteiger partial charge in [-0.1, -0.05) is 20.4 Å². The fraction of sp³-hybridized carbons (Fsp3) is 0.769. The average Bonchev–Trinajstić information content (AvgIpc) is 2.51. The van der Waals surface area contributed by atoms with Crippen molar-refractivity contribution >= 4 is 5.97 Å². The summed E-state index contributed by atoms with van der Waals surface area (Å²) in [6.45, 7) is 9.69. The summed E-state index contributed by atoms with van der Waals surface area (Å²) in [6, 6.07) is 0. The Kier molecular flexibility index (Phi) is 3.95. The first-order chi connectivity index (χ1) is 6.95. The fourth-order valence-electron chi connectivity index (χ4n) is 2.39. The van der Waals surface area contributed by atoms with E-state index in [1.54, 1.807) is 6.92 Å². The molecule has 0 bridgehead atoms. The molecule has 15 heavy (non-hydrogen) atoms. The summed E-state index contributed by atoms with van der Waals surface area (Å²) >= 11 is 0. The van der Waals surface area contributed by atoms with Gasteiger partial charge in [-0.25, -0.2) is 4.79 Å². The number of esters is 1. The maximum atomic E-state index is 11.6. The first-order valence-electron chi connectivity index (χ1n) is 5.84. The number of hydrogen-bond acceptors (Lipinski definition) is 2. The van der Waals surface area contributed by atoms with E-state index in [0.29, 0.717) is 11.5 Å². The summed E-state index contributed by atoms with van der Waals surface area (Å²) < 4.78 is 5.63. The minimum atomic E-state index is -0.224. The van der Waals surface area contributed by atoms with Gasteiger partial charge < -0.3 is 4.74 Å². The molecule has 0 N–H and O–H groups in total. The van der Waals surface area contributed by atoms with Crippen LogP contribution in [0.5, 0.6) is 0 Å². The van der Waals surface area contributed by atoms with Gasteiger partial charge >= 0.3 is 5.97 Å². The SMILES string of the molecule is C=C(C)C(=O)OC1(CC(C)C)CCCC1. The molecule has 0 aromatic carbocycles. The zero-order valence-electron chi connectivity index (χ0n) is 10.1. The lowest BCUT2D eigenvalue weighted by Crippen LogP contribution is -2.33. The van der Waals surface area contributed by atoms with Crippen molar-refractivity contribution in [3.8, 4) is 0 Å². The van der Waals surface area contributed by atoms with Crippen LogP contribution in [0.1, 0.15) is 52.9 Å². The third-order valence-electron chi connectivity index (χ3n) is 2.95. The van der Waals surface area contributed by atoms with Crippen LogP contribution in [0.4, 0.5) is 0 Å².